The van der Waals surface area contributed by atoms with Gasteiger partial charge < -0.3 is 10.5 Å². The number of aromatic nitrogens is 1. The molecule has 0 unspecified atom stereocenters. The normalized spacial score (nSPS) is 10.6. The molecule has 2 aromatic rings. The molecule has 94 valence electrons. The lowest BCUT2D eigenvalue weighted by Gasteiger charge is -2.10. The highest BCUT2D eigenvalue weighted by molar-refractivity contribution is 9.10. The van der Waals surface area contributed by atoms with Crippen molar-refractivity contribution >= 4 is 38.5 Å². The Labute approximate surface area is 113 Å². The number of hydrogen-bond acceptors (Lipinski definition) is 4. The SMILES string of the molecule is CCOC(=O)c1cnc2c(C)c(Br)ccc2c1N. The summed E-state index contributed by atoms with van der Waals surface area (Å²) in [6.07, 6.45) is 1.47. The topological polar surface area (TPSA) is 65.2 Å². The number of anilines is 1. The van der Waals surface area contributed by atoms with Gasteiger partial charge in [-0.15, -0.1) is 0 Å². The summed E-state index contributed by atoms with van der Waals surface area (Å²) < 4.78 is 5.91. The molecule has 1 aromatic heterocycles. The molecular formula is C13H13BrN2O2. The van der Waals surface area contributed by atoms with Gasteiger partial charge in [-0.25, -0.2) is 4.79 Å². The Morgan fingerprint density at radius 1 is 1.50 bits per heavy atom. The monoisotopic (exact) mass is 308 g/mol. The Balaban J connectivity index is 2.65. The molecule has 0 aliphatic heterocycles. The molecule has 1 heterocycles. The van der Waals surface area contributed by atoms with Gasteiger partial charge in [-0.1, -0.05) is 15.9 Å². The number of esters is 1. The Morgan fingerprint density at radius 2 is 2.22 bits per heavy atom. The van der Waals surface area contributed by atoms with Gasteiger partial charge in [0, 0.05) is 16.1 Å². The maximum absolute atomic E-state index is 11.7. The first-order valence-electron chi connectivity index (χ1n) is 5.56. The number of ether oxygens (including phenoxy) is 1. The maximum atomic E-state index is 11.7. The van der Waals surface area contributed by atoms with Gasteiger partial charge in [-0.2, -0.15) is 0 Å². The van der Waals surface area contributed by atoms with E-state index in [2.05, 4.69) is 20.9 Å². The summed E-state index contributed by atoms with van der Waals surface area (Å²) in [4.78, 5) is 16.0. The Bertz CT molecular complexity index is 626. The van der Waals surface area contributed by atoms with Crippen LogP contribution in [0.2, 0.25) is 0 Å². The average molecular weight is 309 g/mol. The van der Waals surface area contributed by atoms with Gasteiger partial charge in [0.25, 0.3) is 0 Å². The van der Waals surface area contributed by atoms with Crippen molar-refractivity contribution in [3.8, 4) is 0 Å². The van der Waals surface area contributed by atoms with Crippen LogP contribution in [0.4, 0.5) is 5.69 Å². The van der Waals surface area contributed by atoms with Gasteiger partial charge in [0.2, 0.25) is 0 Å². The smallest absolute Gasteiger partial charge is 0.341 e. The summed E-state index contributed by atoms with van der Waals surface area (Å²) in [7, 11) is 0. The molecule has 4 nitrogen and oxygen atoms in total. The summed E-state index contributed by atoms with van der Waals surface area (Å²) in [6.45, 7) is 4.02. The number of halogens is 1. The van der Waals surface area contributed by atoms with E-state index in [-0.39, 0.29) is 0 Å². The zero-order valence-electron chi connectivity index (χ0n) is 10.2. The van der Waals surface area contributed by atoms with Crippen LogP contribution in [0.15, 0.2) is 22.8 Å². The van der Waals surface area contributed by atoms with E-state index in [1.54, 1.807) is 6.92 Å². The van der Waals surface area contributed by atoms with E-state index in [0.717, 1.165) is 20.9 Å². The number of fused-ring (bicyclic) bond motifs is 1. The average Bonchev–Trinajstić information content (AvgIpc) is 2.34. The van der Waals surface area contributed by atoms with Crippen molar-refractivity contribution in [2.24, 2.45) is 0 Å². The third-order valence-corrected chi connectivity index (χ3v) is 3.62. The van der Waals surface area contributed by atoms with Crippen LogP contribution in [0, 0.1) is 6.92 Å². The summed E-state index contributed by atoms with van der Waals surface area (Å²) in [6, 6.07) is 3.74. The van der Waals surface area contributed by atoms with Gasteiger partial charge in [0.05, 0.1) is 17.8 Å². The van der Waals surface area contributed by atoms with Crippen LogP contribution in [0.1, 0.15) is 22.8 Å². The van der Waals surface area contributed by atoms with Crippen molar-refractivity contribution < 1.29 is 9.53 Å². The van der Waals surface area contributed by atoms with Crippen LogP contribution >= 0.6 is 15.9 Å². The number of benzene rings is 1. The molecule has 18 heavy (non-hydrogen) atoms. The molecule has 0 spiro atoms. The first-order chi connectivity index (χ1) is 8.56. The van der Waals surface area contributed by atoms with Crippen molar-refractivity contribution in [3.05, 3.63) is 33.9 Å². The highest BCUT2D eigenvalue weighted by Gasteiger charge is 2.15. The van der Waals surface area contributed by atoms with E-state index in [1.165, 1.54) is 6.20 Å². The number of nitrogen functional groups attached to an aromatic ring is 1. The largest absolute Gasteiger partial charge is 0.462 e. The van der Waals surface area contributed by atoms with Crippen LogP contribution in [-0.4, -0.2) is 17.6 Å². The number of pyridine rings is 1. The Morgan fingerprint density at radius 3 is 2.89 bits per heavy atom. The predicted octanol–water partition coefficient (Wildman–Crippen LogP) is 3.06. The summed E-state index contributed by atoms with van der Waals surface area (Å²) in [5.74, 6) is -0.440. The van der Waals surface area contributed by atoms with Crippen molar-refractivity contribution in [3.63, 3.8) is 0 Å². The predicted molar refractivity (Wildman–Crippen MR) is 74.5 cm³/mol. The lowest BCUT2D eigenvalue weighted by molar-refractivity contribution is 0.0527. The van der Waals surface area contributed by atoms with E-state index in [0.29, 0.717) is 17.9 Å². The Kier molecular flexibility index (Phi) is 3.52. The molecule has 0 radical (unpaired) electrons. The molecule has 2 rings (SSSR count). The van der Waals surface area contributed by atoms with Gasteiger partial charge >= 0.3 is 5.97 Å². The second kappa shape index (κ2) is 4.94. The third kappa shape index (κ3) is 2.06. The second-order valence-corrected chi connectivity index (χ2v) is 4.73. The first-order valence-corrected chi connectivity index (χ1v) is 6.36. The molecule has 0 aliphatic rings. The van der Waals surface area contributed by atoms with Crippen LogP contribution in [0.3, 0.4) is 0 Å². The van der Waals surface area contributed by atoms with Crippen LogP contribution in [0.5, 0.6) is 0 Å². The van der Waals surface area contributed by atoms with Gasteiger partial charge in [0.15, 0.2) is 0 Å². The van der Waals surface area contributed by atoms with Gasteiger partial charge in [0.1, 0.15) is 5.56 Å². The molecule has 0 saturated carbocycles. The lowest BCUT2D eigenvalue weighted by Crippen LogP contribution is -2.09. The lowest BCUT2D eigenvalue weighted by atomic mass is 10.1. The number of carbonyl (C=O) groups excluding carboxylic acids is 1. The summed E-state index contributed by atoms with van der Waals surface area (Å²) >= 11 is 3.44. The molecular weight excluding hydrogens is 296 g/mol. The third-order valence-electron chi connectivity index (χ3n) is 2.76. The van der Waals surface area contributed by atoms with Crippen LogP contribution < -0.4 is 5.73 Å². The van der Waals surface area contributed by atoms with E-state index in [9.17, 15) is 4.79 Å². The van der Waals surface area contributed by atoms with E-state index < -0.39 is 5.97 Å². The molecule has 0 saturated heterocycles. The minimum atomic E-state index is -0.440. The highest BCUT2D eigenvalue weighted by atomic mass is 79.9. The first kappa shape index (κ1) is 12.8. The molecule has 0 aliphatic carbocycles. The zero-order chi connectivity index (χ0) is 13.3. The molecule has 0 fully saturated rings. The fourth-order valence-corrected chi connectivity index (χ4v) is 2.09. The minimum Gasteiger partial charge on any atom is -0.462 e. The molecule has 2 N–H and O–H groups in total. The van der Waals surface area contributed by atoms with Gasteiger partial charge in [-0.05, 0) is 31.5 Å². The molecule has 1 aromatic carbocycles. The van der Waals surface area contributed by atoms with Crippen molar-refractivity contribution in [1.29, 1.82) is 0 Å². The van der Waals surface area contributed by atoms with E-state index >= 15 is 0 Å². The zero-order valence-corrected chi connectivity index (χ0v) is 11.7. The number of hydrogen-bond donors (Lipinski definition) is 1. The molecule has 5 heteroatoms. The Hall–Kier alpha value is -1.62. The second-order valence-electron chi connectivity index (χ2n) is 3.87. The van der Waals surface area contributed by atoms with Crippen molar-refractivity contribution in [2.45, 2.75) is 13.8 Å². The van der Waals surface area contributed by atoms with Crippen molar-refractivity contribution in [1.82, 2.24) is 4.98 Å². The number of carbonyl (C=O) groups is 1. The fraction of sp³-hybridized carbons (Fsp3) is 0.231. The summed E-state index contributed by atoms with van der Waals surface area (Å²) in [5.41, 5.74) is 8.52. The van der Waals surface area contributed by atoms with Crippen LogP contribution in [-0.2, 0) is 4.74 Å². The number of aryl methyl sites for hydroxylation is 1. The number of rotatable bonds is 2. The number of nitrogens with zero attached hydrogens (tertiary/aromatic N) is 1. The van der Waals surface area contributed by atoms with Crippen LogP contribution in [0.25, 0.3) is 10.9 Å². The van der Waals surface area contributed by atoms with E-state index in [4.69, 9.17) is 10.5 Å². The molecule has 0 amide bonds. The number of nitrogens with two attached hydrogens (primary N) is 1. The maximum Gasteiger partial charge on any atom is 0.341 e. The highest BCUT2D eigenvalue weighted by Crippen LogP contribution is 2.29. The standard InChI is InChI=1S/C13H13BrN2O2/c1-3-18-13(17)9-6-16-12-7(2)10(14)5-4-8(12)11(9)15/h4-6H,3H2,1-2H3,(H2,15,16). The molecule has 0 atom stereocenters. The quantitative estimate of drug-likeness (QED) is 0.866. The van der Waals surface area contributed by atoms with Crippen molar-refractivity contribution in [2.75, 3.05) is 12.3 Å². The fourth-order valence-electron chi connectivity index (χ4n) is 1.77. The van der Waals surface area contributed by atoms with E-state index in [1.807, 2.05) is 19.1 Å². The van der Waals surface area contributed by atoms with Gasteiger partial charge in [-0.3, -0.25) is 4.98 Å². The summed E-state index contributed by atoms with van der Waals surface area (Å²) in [5, 5.41) is 0.765. The minimum absolute atomic E-state index is 0.311. The molecule has 0 bridgehead atoms.